The Labute approximate surface area is 173 Å². The number of nitrogens with one attached hydrogen (secondary N) is 4. The van der Waals surface area contributed by atoms with Crippen molar-refractivity contribution in [3.05, 3.63) is 40.2 Å². The van der Waals surface area contributed by atoms with Gasteiger partial charge in [-0.3, -0.25) is 15.0 Å². The molecule has 1 aliphatic heterocycles. The number of nitrogens with zero attached hydrogens (tertiary/aromatic N) is 2. The zero-order valence-corrected chi connectivity index (χ0v) is 17.4. The van der Waals surface area contributed by atoms with E-state index in [4.69, 9.17) is 11.1 Å². The maximum absolute atomic E-state index is 12.1. The van der Waals surface area contributed by atoms with Crippen molar-refractivity contribution in [3.63, 3.8) is 0 Å². The second-order valence-corrected chi connectivity index (χ2v) is 8.24. The lowest BCUT2D eigenvalue weighted by Gasteiger charge is -2.28. The fourth-order valence-corrected chi connectivity index (χ4v) is 3.82. The summed E-state index contributed by atoms with van der Waals surface area (Å²) in [6.07, 6.45) is 5.65. The molecule has 0 saturated carbocycles. The van der Waals surface area contributed by atoms with Crippen LogP contribution in [-0.2, 0) is 4.79 Å². The van der Waals surface area contributed by atoms with Gasteiger partial charge in [0.15, 0.2) is 5.16 Å². The zero-order chi connectivity index (χ0) is 21.0. The summed E-state index contributed by atoms with van der Waals surface area (Å²) in [6.45, 7) is 6.88. The van der Waals surface area contributed by atoms with Crippen molar-refractivity contribution in [2.75, 3.05) is 31.1 Å². The first kappa shape index (κ1) is 21.3. The number of piperazine rings is 1. The number of hydrogen-bond donors (Lipinski definition) is 5. The average molecular weight is 418 g/mol. The Morgan fingerprint density at radius 2 is 2.17 bits per heavy atom. The zero-order valence-electron chi connectivity index (χ0n) is 16.6. The van der Waals surface area contributed by atoms with E-state index in [0.717, 1.165) is 37.9 Å². The lowest BCUT2D eigenvalue weighted by molar-refractivity contribution is -0.122. The van der Waals surface area contributed by atoms with Crippen LogP contribution in [0.25, 0.3) is 0 Å². The Kier molecular flexibility index (Phi) is 6.88. The van der Waals surface area contributed by atoms with Crippen molar-refractivity contribution >= 4 is 28.5 Å². The van der Waals surface area contributed by atoms with Gasteiger partial charge in [0.25, 0.3) is 5.56 Å². The SMILES string of the molecule is CC(N)C(=O)NC1C=C(C(=N)Sc2nc(N3CCNCC3)cc(=O)[nH]2)C=CC1C. The van der Waals surface area contributed by atoms with E-state index in [-0.39, 0.29) is 28.5 Å². The molecule has 0 spiro atoms. The van der Waals surface area contributed by atoms with Crippen LogP contribution >= 0.6 is 11.8 Å². The van der Waals surface area contributed by atoms with Crippen LogP contribution in [0.4, 0.5) is 5.82 Å². The topological polar surface area (TPSA) is 140 Å². The summed E-state index contributed by atoms with van der Waals surface area (Å²) in [4.78, 5) is 33.3. The highest BCUT2D eigenvalue weighted by molar-refractivity contribution is 8.14. The average Bonchev–Trinajstić information content (AvgIpc) is 2.69. The largest absolute Gasteiger partial charge is 0.354 e. The van der Waals surface area contributed by atoms with Crippen LogP contribution in [0.15, 0.2) is 39.8 Å². The predicted molar refractivity (Wildman–Crippen MR) is 115 cm³/mol. The van der Waals surface area contributed by atoms with Crippen LogP contribution in [-0.4, -0.2) is 59.2 Å². The maximum atomic E-state index is 12.1. The Hall–Kier alpha value is -2.43. The molecule has 1 saturated heterocycles. The quantitative estimate of drug-likeness (QED) is 0.200. The minimum absolute atomic E-state index is 0.0909. The fraction of sp³-hybridized carbons (Fsp3) is 0.474. The first-order chi connectivity index (χ1) is 13.8. The Morgan fingerprint density at radius 3 is 2.86 bits per heavy atom. The third-order valence-electron chi connectivity index (χ3n) is 4.84. The van der Waals surface area contributed by atoms with Gasteiger partial charge in [-0.1, -0.05) is 25.2 Å². The van der Waals surface area contributed by atoms with Gasteiger partial charge in [-0.05, 0) is 24.6 Å². The number of thioether (sulfide) groups is 1. The molecule has 156 valence electrons. The maximum Gasteiger partial charge on any atom is 0.253 e. The van der Waals surface area contributed by atoms with E-state index in [1.807, 2.05) is 25.2 Å². The van der Waals surface area contributed by atoms with Gasteiger partial charge in [0.05, 0.1) is 12.1 Å². The van der Waals surface area contributed by atoms with Crippen molar-refractivity contribution in [1.29, 1.82) is 5.41 Å². The number of allylic oxidation sites excluding steroid dienone is 1. The van der Waals surface area contributed by atoms with E-state index in [1.54, 1.807) is 6.92 Å². The molecule has 1 aromatic rings. The number of carbonyl (C=O) groups is 1. The first-order valence-electron chi connectivity index (χ1n) is 9.63. The number of aromatic amines is 1. The summed E-state index contributed by atoms with van der Waals surface area (Å²) in [7, 11) is 0. The minimum atomic E-state index is -0.596. The van der Waals surface area contributed by atoms with Crippen molar-refractivity contribution in [1.82, 2.24) is 20.6 Å². The van der Waals surface area contributed by atoms with Crippen molar-refractivity contribution < 1.29 is 4.79 Å². The Bertz CT molecular complexity index is 887. The molecule has 0 aromatic carbocycles. The Morgan fingerprint density at radius 1 is 1.45 bits per heavy atom. The summed E-state index contributed by atoms with van der Waals surface area (Å²) in [5, 5.41) is 15.2. The second kappa shape index (κ2) is 9.38. The van der Waals surface area contributed by atoms with E-state index in [9.17, 15) is 9.59 Å². The van der Waals surface area contributed by atoms with E-state index >= 15 is 0 Å². The molecule has 6 N–H and O–H groups in total. The number of anilines is 1. The number of rotatable bonds is 5. The molecular formula is C19H27N7O2S. The van der Waals surface area contributed by atoms with E-state index < -0.39 is 6.04 Å². The van der Waals surface area contributed by atoms with Gasteiger partial charge < -0.3 is 26.3 Å². The summed E-state index contributed by atoms with van der Waals surface area (Å²) in [5.74, 6) is 0.476. The second-order valence-electron chi connectivity index (χ2n) is 7.24. The van der Waals surface area contributed by atoms with Crippen LogP contribution in [0.1, 0.15) is 13.8 Å². The molecule has 9 nitrogen and oxygen atoms in total. The number of carbonyl (C=O) groups excluding carboxylic acids is 1. The van der Waals surface area contributed by atoms with Gasteiger partial charge in [-0.25, -0.2) is 4.98 Å². The lowest BCUT2D eigenvalue weighted by atomic mass is 9.93. The van der Waals surface area contributed by atoms with Crippen molar-refractivity contribution in [2.45, 2.75) is 31.1 Å². The first-order valence-corrected chi connectivity index (χ1v) is 10.4. The van der Waals surface area contributed by atoms with E-state index in [1.165, 1.54) is 6.07 Å². The van der Waals surface area contributed by atoms with Gasteiger partial charge in [-0.15, -0.1) is 0 Å². The molecule has 3 rings (SSSR count). The molecule has 29 heavy (non-hydrogen) atoms. The summed E-state index contributed by atoms with van der Waals surface area (Å²) < 4.78 is 0. The number of nitrogens with two attached hydrogens (primary N) is 1. The molecule has 2 aliphatic rings. The van der Waals surface area contributed by atoms with Crippen molar-refractivity contribution in [2.24, 2.45) is 11.7 Å². The molecule has 3 unspecified atom stereocenters. The highest BCUT2D eigenvalue weighted by Gasteiger charge is 2.22. The molecule has 1 aromatic heterocycles. The third-order valence-corrected chi connectivity index (χ3v) is 5.66. The molecule has 1 fully saturated rings. The molecule has 0 radical (unpaired) electrons. The minimum Gasteiger partial charge on any atom is -0.354 e. The van der Waals surface area contributed by atoms with E-state index in [2.05, 4.69) is 25.5 Å². The third kappa shape index (κ3) is 5.55. The highest BCUT2D eigenvalue weighted by Crippen LogP contribution is 2.25. The number of aromatic nitrogens is 2. The molecular weight excluding hydrogens is 390 g/mol. The summed E-state index contributed by atoms with van der Waals surface area (Å²) in [6, 6.07) is 0.648. The number of hydrogen-bond acceptors (Lipinski definition) is 8. The van der Waals surface area contributed by atoms with Gasteiger partial charge in [0.2, 0.25) is 5.91 Å². The number of amides is 1. The highest BCUT2D eigenvalue weighted by atomic mass is 32.2. The van der Waals surface area contributed by atoms with Crippen LogP contribution in [0.3, 0.4) is 0 Å². The normalized spacial score (nSPS) is 22.7. The van der Waals surface area contributed by atoms with Crippen LogP contribution < -0.4 is 26.8 Å². The van der Waals surface area contributed by atoms with Gasteiger partial charge in [-0.2, -0.15) is 0 Å². The predicted octanol–water partition coefficient (Wildman–Crippen LogP) is 0.213. The van der Waals surface area contributed by atoms with Gasteiger partial charge in [0, 0.05) is 37.8 Å². The monoisotopic (exact) mass is 417 g/mol. The van der Waals surface area contributed by atoms with Gasteiger partial charge >= 0.3 is 0 Å². The lowest BCUT2D eigenvalue weighted by Crippen LogP contribution is -2.46. The van der Waals surface area contributed by atoms with Crippen LogP contribution in [0.2, 0.25) is 0 Å². The van der Waals surface area contributed by atoms with E-state index in [0.29, 0.717) is 16.5 Å². The van der Waals surface area contributed by atoms with Gasteiger partial charge in [0.1, 0.15) is 10.9 Å². The van der Waals surface area contributed by atoms with Crippen molar-refractivity contribution in [3.8, 4) is 0 Å². The Balaban J connectivity index is 1.73. The molecule has 1 amide bonds. The fourth-order valence-electron chi connectivity index (χ4n) is 3.08. The van der Waals surface area contributed by atoms with Crippen LogP contribution in [0, 0.1) is 11.3 Å². The van der Waals surface area contributed by atoms with Crippen LogP contribution in [0.5, 0.6) is 0 Å². The smallest absolute Gasteiger partial charge is 0.253 e. The summed E-state index contributed by atoms with van der Waals surface area (Å²) >= 11 is 1.09. The molecule has 0 bridgehead atoms. The molecule has 10 heteroatoms. The molecule has 1 aliphatic carbocycles. The molecule has 2 heterocycles. The number of H-pyrrole nitrogens is 1. The molecule has 3 atom stereocenters. The standard InChI is InChI=1S/C19H27N7O2S/c1-11-3-4-13(9-14(11)23-18(28)12(2)20)17(21)29-19-24-15(10-16(27)25-19)26-7-5-22-6-8-26/h3-4,9-12,14,21-22H,5-8,20H2,1-2H3,(H,23,28)(H,24,25,27). The summed E-state index contributed by atoms with van der Waals surface area (Å²) in [5.41, 5.74) is 6.06.